The van der Waals surface area contributed by atoms with E-state index in [1.807, 2.05) is 0 Å². The monoisotopic (exact) mass is 225 g/mol. The molecule has 0 aromatic carbocycles. The number of nitrogens with zero attached hydrogens (tertiary/aromatic N) is 1. The zero-order valence-corrected chi connectivity index (χ0v) is 10.2. The molecule has 0 aromatic heterocycles. The molecule has 4 heteroatoms. The van der Waals surface area contributed by atoms with Gasteiger partial charge in [0.05, 0.1) is 6.54 Å². The first-order chi connectivity index (χ1) is 7.74. The van der Waals surface area contributed by atoms with Crippen LogP contribution in [0.4, 0.5) is 0 Å². The number of nitrogens with one attached hydrogen (secondary N) is 2. The van der Waals surface area contributed by atoms with Crippen LogP contribution in [0.15, 0.2) is 0 Å². The van der Waals surface area contributed by atoms with Gasteiger partial charge < -0.3 is 10.6 Å². The van der Waals surface area contributed by atoms with E-state index in [1.165, 1.54) is 0 Å². The predicted molar refractivity (Wildman–Crippen MR) is 64.3 cm³/mol. The summed E-state index contributed by atoms with van der Waals surface area (Å²) in [5, 5.41) is 6.46. The maximum Gasteiger partial charge on any atom is 0.234 e. The molecule has 1 heterocycles. The maximum absolute atomic E-state index is 11.8. The third-order valence-corrected chi connectivity index (χ3v) is 3.54. The minimum absolute atomic E-state index is 0.207. The molecule has 0 bridgehead atoms. The van der Waals surface area contributed by atoms with Crippen LogP contribution < -0.4 is 10.6 Å². The smallest absolute Gasteiger partial charge is 0.234 e. The van der Waals surface area contributed by atoms with Crippen molar-refractivity contribution < 1.29 is 4.79 Å². The quantitative estimate of drug-likeness (QED) is 0.721. The predicted octanol–water partition coefficient (Wildman–Crippen LogP) is 0.196. The summed E-state index contributed by atoms with van der Waals surface area (Å²) in [6.07, 6.45) is 3.47. The Morgan fingerprint density at radius 1 is 1.38 bits per heavy atom. The zero-order valence-electron chi connectivity index (χ0n) is 10.2. The molecular weight excluding hydrogens is 202 g/mol. The second kappa shape index (κ2) is 5.64. The number of hydrogen-bond acceptors (Lipinski definition) is 3. The molecule has 1 saturated heterocycles. The molecule has 16 heavy (non-hydrogen) atoms. The van der Waals surface area contributed by atoms with Gasteiger partial charge in [0.15, 0.2) is 0 Å². The Kier molecular flexibility index (Phi) is 4.18. The van der Waals surface area contributed by atoms with Gasteiger partial charge in [-0.05, 0) is 38.3 Å². The molecule has 92 valence electrons. The molecule has 2 fully saturated rings. The van der Waals surface area contributed by atoms with E-state index in [1.54, 1.807) is 0 Å². The first-order valence-electron chi connectivity index (χ1n) is 6.46. The van der Waals surface area contributed by atoms with Gasteiger partial charge in [-0.25, -0.2) is 0 Å². The Hall–Kier alpha value is -0.610. The van der Waals surface area contributed by atoms with E-state index >= 15 is 0 Å². The van der Waals surface area contributed by atoms with Crippen LogP contribution in [-0.2, 0) is 4.79 Å². The van der Waals surface area contributed by atoms with Crippen LogP contribution in [0.2, 0.25) is 0 Å². The number of amides is 1. The lowest BCUT2D eigenvalue weighted by Gasteiger charge is -2.33. The third kappa shape index (κ3) is 3.46. The van der Waals surface area contributed by atoms with Crippen molar-refractivity contribution in [2.75, 3.05) is 32.7 Å². The molecular formula is C12H23N3O. The number of hydrogen-bond donors (Lipinski definition) is 2. The summed E-state index contributed by atoms with van der Waals surface area (Å²) >= 11 is 0. The van der Waals surface area contributed by atoms with Crippen LogP contribution in [0.25, 0.3) is 0 Å². The number of carbonyl (C=O) groups excluding carboxylic acids is 1. The zero-order chi connectivity index (χ0) is 11.4. The van der Waals surface area contributed by atoms with Crippen molar-refractivity contribution in [1.29, 1.82) is 0 Å². The van der Waals surface area contributed by atoms with Crippen LogP contribution >= 0.6 is 0 Å². The summed E-state index contributed by atoms with van der Waals surface area (Å²) < 4.78 is 0. The SMILES string of the molecule is CC1CC(NC(=O)CN2CCCNCC2)C1. The summed E-state index contributed by atoms with van der Waals surface area (Å²) in [5.74, 6) is 1.01. The topological polar surface area (TPSA) is 44.4 Å². The Bertz CT molecular complexity index is 230. The highest BCUT2D eigenvalue weighted by Gasteiger charge is 2.26. The van der Waals surface area contributed by atoms with Crippen molar-refractivity contribution >= 4 is 5.91 Å². The fourth-order valence-electron chi connectivity index (χ4n) is 2.56. The molecule has 2 rings (SSSR count). The molecule has 1 amide bonds. The van der Waals surface area contributed by atoms with E-state index in [9.17, 15) is 4.79 Å². The van der Waals surface area contributed by atoms with E-state index in [0.717, 1.165) is 51.4 Å². The molecule has 2 N–H and O–H groups in total. The lowest BCUT2D eigenvalue weighted by Crippen LogP contribution is -2.47. The van der Waals surface area contributed by atoms with Crippen molar-refractivity contribution in [3.8, 4) is 0 Å². The fourth-order valence-corrected chi connectivity index (χ4v) is 2.56. The first kappa shape index (κ1) is 11.9. The lowest BCUT2D eigenvalue weighted by molar-refractivity contribution is -0.123. The van der Waals surface area contributed by atoms with Crippen LogP contribution in [-0.4, -0.2) is 49.6 Å². The normalized spacial score (nSPS) is 31.6. The summed E-state index contributed by atoms with van der Waals surface area (Å²) in [4.78, 5) is 14.0. The van der Waals surface area contributed by atoms with Crippen molar-refractivity contribution in [2.45, 2.75) is 32.2 Å². The average Bonchev–Trinajstić information content (AvgIpc) is 2.44. The van der Waals surface area contributed by atoms with Gasteiger partial charge in [-0.1, -0.05) is 6.92 Å². The van der Waals surface area contributed by atoms with Gasteiger partial charge in [0.25, 0.3) is 0 Å². The van der Waals surface area contributed by atoms with Gasteiger partial charge in [0, 0.05) is 19.1 Å². The Morgan fingerprint density at radius 3 is 2.94 bits per heavy atom. The van der Waals surface area contributed by atoms with E-state index < -0.39 is 0 Å². The molecule has 0 aromatic rings. The second-order valence-electron chi connectivity index (χ2n) is 5.22. The van der Waals surface area contributed by atoms with E-state index in [2.05, 4.69) is 22.5 Å². The van der Waals surface area contributed by atoms with Gasteiger partial charge in [-0.2, -0.15) is 0 Å². The molecule has 0 radical (unpaired) electrons. The summed E-state index contributed by atoms with van der Waals surface area (Å²) in [6, 6.07) is 0.451. The van der Waals surface area contributed by atoms with E-state index in [4.69, 9.17) is 0 Å². The van der Waals surface area contributed by atoms with Gasteiger partial charge in [-0.3, -0.25) is 9.69 Å². The molecule has 1 aliphatic carbocycles. The molecule has 1 aliphatic heterocycles. The minimum Gasteiger partial charge on any atom is -0.352 e. The van der Waals surface area contributed by atoms with Crippen molar-refractivity contribution in [2.24, 2.45) is 5.92 Å². The van der Waals surface area contributed by atoms with Crippen LogP contribution in [0.3, 0.4) is 0 Å². The maximum atomic E-state index is 11.8. The van der Waals surface area contributed by atoms with Gasteiger partial charge in [0.2, 0.25) is 5.91 Å². The molecule has 4 nitrogen and oxygen atoms in total. The summed E-state index contributed by atoms with van der Waals surface area (Å²) in [5.41, 5.74) is 0. The summed E-state index contributed by atoms with van der Waals surface area (Å²) in [7, 11) is 0. The number of carbonyl (C=O) groups is 1. The Morgan fingerprint density at radius 2 is 2.19 bits per heavy atom. The van der Waals surface area contributed by atoms with Crippen molar-refractivity contribution in [3.63, 3.8) is 0 Å². The largest absolute Gasteiger partial charge is 0.352 e. The minimum atomic E-state index is 0.207. The highest BCUT2D eigenvalue weighted by molar-refractivity contribution is 5.78. The van der Waals surface area contributed by atoms with Gasteiger partial charge in [0.1, 0.15) is 0 Å². The molecule has 2 aliphatic rings. The van der Waals surface area contributed by atoms with Crippen molar-refractivity contribution in [3.05, 3.63) is 0 Å². The van der Waals surface area contributed by atoms with Crippen molar-refractivity contribution in [1.82, 2.24) is 15.5 Å². The van der Waals surface area contributed by atoms with E-state index in [0.29, 0.717) is 12.6 Å². The first-order valence-corrected chi connectivity index (χ1v) is 6.46. The highest BCUT2D eigenvalue weighted by Crippen LogP contribution is 2.25. The summed E-state index contributed by atoms with van der Waals surface area (Å²) in [6.45, 7) is 6.94. The van der Waals surface area contributed by atoms with Crippen LogP contribution in [0.1, 0.15) is 26.2 Å². The van der Waals surface area contributed by atoms with Crippen LogP contribution in [0.5, 0.6) is 0 Å². The fraction of sp³-hybridized carbons (Fsp3) is 0.917. The Labute approximate surface area is 97.8 Å². The standard InChI is InChI=1S/C12H23N3O/c1-10-7-11(8-10)14-12(16)9-15-5-2-3-13-4-6-15/h10-11,13H,2-9H2,1H3,(H,14,16). The number of rotatable bonds is 3. The highest BCUT2D eigenvalue weighted by atomic mass is 16.2. The molecule has 0 unspecified atom stereocenters. The molecule has 0 atom stereocenters. The molecule has 0 spiro atoms. The average molecular weight is 225 g/mol. The van der Waals surface area contributed by atoms with Crippen LogP contribution in [0, 0.1) is 5.92 Å². The third-order valence-electron chi connectivity index (χ3n) is 3.54. The Balaban J connectivity index is 1.65. The van der Waals surface area contributed by atoms with Gasteiger partial charge >= 0.3 is 0 Å². The van der Waals surface area contributed by atoms with E-state index in [-0.39, 0.29) is 5.91 Å². The molecule has 1 saturated carbocycles. The second-order valence-corrected chi connectivity index (χ2v) is 5.22. The lowest BCUT2D eigenvalue weighted by atomic mass is 9.82. The van der Waals surface area contributed by atoms with Gasteiger partial charge in [-0.15, -0.1) is 0 Å².